The Morgan fingerprint density at radius 2 is 1.14 bits per heavy atom. The highest BCUT2D eigenvalue weighted by molar-refractivity contribution is 7.86. The van der Waals surface area contributed by atoms with Crippen LogP contribution in [0.1, 0.15) is 71.1 Å². The maximum absolute atomic E-state index is 11.9. The SMILES string of the molecule is CCCCCCCCCCCCOCCOCCOS(=O)(=O)c1ccccc1. The zero-order chi connectivity index (χ0) is 20.3. The van der Waals surface area contributed by atoms with Crippen LogP contribution in [-0.2, 0) is 23.8 Å². The average molecular weight is 415 g/mol. The molecule has 0 amide bonds. The van der Waals surface area contributed by atoms with Gasteiger partial charge in [-0.05, 0) is 18.6 Å². The fourth-order valence-corrected chi connectivity index (χ4v) is 3.79. The molecule has 0 aliphatic rings. The minimum atomic E-state index is -3.69. The molecular formula is C22H38O5S. The summed E-state index contributed by atoms with van der Waals surface area (Å²) in [4.78, 5) is 0.162. The smallest absolute Gasteiger partial charge is 0.297 e. The van der Waals surface area contributed by atoms with Gasteiger partial charge in [-0.1, -0.05) is 82.9 Å². The Labute approximate surface area is 171 Å². The second kappa shape index (κ2) is 17.0. The first kappa shape index (κ1) is 25.1. The standard InChI is InChI=1S/C22H38O5S/c1-2-3-4-5-6-7-8-9-10-14-17-25-18-19-26-20-21-27-28(23,24)22-15-12-11-13-16-22/h11-13,15-16H,2-10,14,17-21H2,1H3. The highest BCUT2D eigenvalue weighted by Gasteiger charge is 2.13. The fourth-order valence-electron chi connectivity index (χ4n) is 2.87. The van der Waals surface area contributed by atoms with Crippen molar-refractivity contribution in [3.63, 3.8) is 0 Å². The molecule has 0 aliphatic heterocycles. The molecule has 6 heteroatoms. The van der Waals surface area contributed by atoms with E-state index < -0.39 is 10.1 Å². The largest absolute Gasteiger partial charge is 0.379 e. The Hall–Kier alpha value is -0.950. The Morgan fingerprint density at radius 3 is 1.75 bits per heavy atom. The van der Waals surface area contributed by atoms with Crippen molar-refractivity contribution in [2.45, 2.75) is 76.0 Å². The van der Waals surface area contributed by atoms with Crippen molar-refractivity contribution in [3.05, 3.63) is 30.3 Å². The lowest BCUT2D eigenvalue weighted by atomic mass is 10.1. The molecule has 28 heavy (non-hydrogen) atoms. The first-order valence-electron chi connectivity index (χ1n) is 10.8. The maximum Gasteiger partial charge on any atom is 0.297 e. The molecule has 0 aromatic heterocycles. The van der Waals surface area contributed by atoms with Crippen molar-refractivity contribution < 1.29 is 22.1 Å². The number of hydrogen-bond donors (Lipinski definition) is 0. The first-order chi connectivity index (χ1) is 13.7. The molecule has 0 spiro atoms. The summed E-state index contributed by atoms with van der Waals surface area (Å²) in [5.74, 6) is 0. The maximum atomic E-state index is 11.9. The van der Waals surface area contributed by atoms with Gasteiger partial charge in [0.1, 0.15) is 0 Å². The number of unbranched alkanes of at least 4 members (excludes halogenated alkanes) is 9. The van der Waals surface area contributed by atoms with Gasteiger partial charge in [-0.2, -0.15) is 8.42 Å². The zero-order valence-electron chi connectivity index (χ0n) is 17.4. The molecule has 0 radical (unpaired) electrons. The minimum Gasteiger partial charge on any atom is -0.379 e. The molecule has 0 fully saturated rings. The molecule has 0 atom stereocenters. The van der Waals surface area contributed by atoms with Gasteiger partial charge in [-0.3, -0.25) is 4.18 Å². The van der Waals surface area contributed by atoms with Gasteiger partial charge in [0.25, 0.3) is 10.1 Å². The van der Waals surface area contributed by atoms with Crippen molar-refractivity contribution in [2.24, 2.45) is 0 Å². The van der Waals surface area contributed by atoms with Gasteiger partial charge in [-0.15, -0.1) is 0 Å². The second-order valence-corrected chi connectivity index (χ2v) is 8.61. The van der Waals surface area contributed by atoms with E-state index in [9.17, 15) is 8.42 Å². The lowest BCUT2D eigenvalue weighted by molar-refractivity contribution is 0.0359. The van der Waals surface area contributed by atoms with Crippen LogP contribution in [0, 0.1) is 0 Å². The van der Waals surface area contributed by atoms with Crippen LogP contribution < -0.4 is 0 Å². The van der Waals surface area contributed by atoms with Crippen molar-refractivity contribution >= 4 is 10.1 Å². The monoisotopic (exact) mass is 414 g/mol. The molecule has 1 aromatic carbocycles. The van der Waals surface area contributed by atoms with E-state index in [0.29, 0.717) is 13.2 Å². The van der Waals surface area contributed by atoms with Crippen LogP contribution in [0.5, 0.6) is 0 Å². The third kappa shape index (κ3) is 13.3. The molecule has 0 heterocycles. The molecule has 0 bridgehead atoms. The third-order valence-corrected chi connectivity index (χ3v) is 5.84. The summed E-state index contributed by atoms with van der Waals surface area (Å²) < 4.78 is 39.6. The van der Waals surface area contributed by atoms with Crippen LogP contribution >= 0.6 is 0 Å². The molecule has 0 saturated heterocycles. The average Bonchev–Trinajstić information content (AvgIpc) is 2.71. The second-order valence-electron chi connectivity index (χ2n) is 7.00. The van der Waals surface area contributed by atoms with Gasteiger partial charge in [0.05, 0.1) is 31.3 Å². The van der Waals surface area contributed by atoms with Gasteiger partial charge >= 0.3 is 0 Å². The lowest BCUT2D eigenvalue weighted by Gasteiger charge is -2.07. The number of rotatable bonds is 19. The molecule has 1 rings (SSSR count). The van der Waals surface area contributed by atoms with Crippen LogP contribution in [0.25, 0.3) is 0 Å². The summed E-state index contributed by atoms with van der Waals surface area (Å²) in [6.07, 6.45) is 13.2. The van der Waals surface area contributed by atoms with Crippen LogP contribution in [-0.4, -0.2) is 41.5 Å². The van der Waals surface area contributed by atoms with Gasteiger partial charge < -0.3 is 9.47 Å². The van der Waals surface area contributed by atoms with E-state index in [1.165, 1.54) is 69.9 Å². The number of ether oxygens (including phenoxy) is 2. The van der Waals surface area contributed by atoms with Crippen molar-refractivity contribution in [1.29, 1.82) is 0 Å². The van der Waals surface area contributed by atoms with E-state index in [0.717, 1.165) is 13.0 Å². The zero-order valence-corrected chi connectivity index (χ0v) is 18.3. The van der Waals surface area contributed by atoms with Crippen molar-refractivity contribution in [3.8, 4) is 0 Å². The molecule has 162 valence electrons. The van der Waals surface area contributed by atoms with E-state index in [1.54, 1.807) is 18.2 Å². The minimum absolute atomic E-state index is 0.00960. The van der Waals surface area contributed by atoms with Gasteiger partial charge in [0.2, 0.25) is 0 Å². The number of hydrogen-bond acceptors (Lipinski definition) is 5. The summed E-state index contributed by atoms with van der Waals surface area (Å²) >= 11 is 0. The summed E-state index contributed by atoms with van der Waals surface area (Å²) in [5, 5.41) is 0. The molecular weight excluding hydrogens is 376 g/mol. The van der Waals surface area contributed by atoms with Crippen LogP contribution in [0.2, 0.25) is 0 Å². The van der Waals surface area contributed by atoms with Crippen LogP contribution in [0.3, 0.4) is 0 Å². The summed E-state index contributed by atoms with van der Waals surface area (Å²) in [6, 6.07) is 8.12. The van der Waals surface area contributed by atoms with Gasteiger partial charge in [0.15, 0.2) is 0 Å². The van der Waals surface area contributed by atoms with Crippen molar-refractivity contribution in [1.82, 2.24) is 0 Å². The van der Waals surface area contributed by atoms with Crippen molar-refractivity contribution in [2.75, 3.05) is 33.0 Å². The highest BCUT2D eigenvalue weighted by Crippen LogP contribution is 2.11. The van der Waals surface area contributed by atoms with Gasteiger partial charge in [-0.25, -0.2) is 0 Å². The lowest BCUT2D eigenvalue weighted by Crippen LogP contribution is -2.13. The molecule has 0 saturated carbocycles. The molecule has 5 nitrogen and oxygen atoms in total. The Morgan fingerprint density at radius 1 is 0.643 bits per heavy atom. The Balaban J connectivity index is 1.82. The van der Waals surface area contributed by atoms with Gasteiger partial charge in [0, 0.05) is 6.61 Å². The van der Waals surface area contributed by atoms with E-state index in [2.05, 4.69) is 6.92 Å². The predicted octanol–water partition coefficient (Wildman–Crippen LogP) is 5.35. The van der Waals surface area contributed by atoms with E-state index in [-0.39, 0.29) is 18.1 Å². The molecule has 1 aromatic rings. The van der Waals surface area contributed by atoms with E-state index >= 15 is 0 Å². The predicted molar refractivity (Wildman–Crippen MR) is 113 cm³/mol. The topological polar surface area (TPSA) is 61.8 Å². The molecule has 0 aliphatic carbocycles. The first-order valence-corrected chi connectivity index (χ1v) is 12.2. The van der Waals surface area contributed by atoms with Crippen LogP contribution in [0.15, 0.2) is 35.2 Å². The Bertz CT molecular complexity index is 560. The van der Waals surface area contributed by atoms with E-state index in [4.69, 9.17) is 13.7 Å². The normalized spacial score (nSPS) is 11.8. The summed E-state index contributed by atoms with van der Waals surface area (Å²) in [5.41, 5.74) is 0. The molecule has 0 N–H and O–H groups in total. The fraction of sp³-hybridized carbons (Fsp3) is 0.727. The number of benzene rings is 1. The van der Waals surface area contributed by atoms with E-state index in [1.807, 2.05) is 0 Å². The highest BCUT2D eigenvalue weighted by atomic mass is 32.2. The van der Waals surface area contributed by atoms with Crippen LogP contribution in [0.4, 0.5) is 0 Å². The molecule has 0 unspecified atom stereocenters. The summed E-state index contributed by atoms with van der Waals surface area (Å²) in [7, 11) is -3.69. The third-order valence-electron chi connectivity index (χ3n) is 4.51. The Kier molecular flexibility index (Phi) is 15.2. The quantitative estimate of drug-likeness (QED) is 0.226. The summed E-state index contributed by atoms with van der Waals surface area (Å²) in [6.45, 7) is 4.24.